The van der Waals surface area contributed by atoms with E-state index in [2.05, 4.69) is 0 Å². The van der Waals surface area contributed by atoms with Gasteiger partial charge in [0, 0.05) is 0 Å². The first kappa shape index (κ1) is 211. The molecule has 0 bridgehead atoms. The normalized spacial score (nSPS) is 0.667. The average Bonchev–Trinajstić information content (AvgIpc) is 1.00. The standard InChI is InChI=1S/Ca.O2.6H2O/c;1-2;;;;;;/h;;6*1H2/q+2;-2;;;;;;. The third kappa shape index (κ3) is 488. The van der Waals surface area contributed by atoms with Crippen LogP contribution in [0.25, 0.3) is 0 Å². The van der Waals surface area contributed by atoms with Gasteiger partial charge < -0.3 is 43.4 Å². The van der Waals surface area contributed by atoms with Gasteiger partial charge in [0.1, 0.15) is 0 Å². The summed E-state index contributed by atoms with van der Waals surface area (Å²) in [6, 6.07) is 0. The largest absolute Gasteiger partial charge is 2.00 e. The van der Waals surface area contributed by atoms with Gasteiger partial charge >= 0.3 is 37.7 Å². The maximum atomic E-state index is 7.00. The van der Waals surface area contributed by atoms with Gasteiger partial charge in [-0.3, -0.25) is 0 Å². The van der Waals surface area contributed by atoms with Gasteiger partial charge in [-0.25, -0.2) is 0 Å². The van der Waals surface area contributed by atoms with E-state index in [1.165, 1.54) is 0 Å². The van der Waals surface area contributed by atoms with E-state index >= 15 is 0 Å². The Kier molecular flexibility index (Phi) is 15000. The van der Waals surface area contributed by atoms with Gasteiger partial charge in [-0.05, 0) is 0 Å². The summed E-state index contributed by atoms with van der Waals surface area (Å²) in [6.45, 7) is 0. The molecule has 0 aromatic carbocycles. The van der Waals surface area contributed by atoms with Crippen LogP contribution in [0.3, 0.4) is 0 Å². The second kappa shape index (κ2) is 638. The third-order valence-corrected chi connectivity index (χ3v) is 0. The molecule has 0 aliphatic carbocycles. The molecule has 8 nitrogen and oxygen atoms in total. The minimum Gasteiger partial charge on any atom is -1.00 e. The first-order valence-corrected chi connectivity index (χ1v) is 0.167. The van der Waals surface area contributed by atoms with Gasteiger partial charge in [-0.15, -0.1) is 0 Å². The fourth-order valence-electron chi connectivity index (χ4n) is 0. The van der Waals surface area contributed by atoms with E-state index in [0.717, 1.165) is 0 Å². The van der Waals surface area contributed by atoms with Gasteiger partial charge in [0.25, 0.3) is 0 Å². The number of hydrogen-bond acceptors (Lipinski definition) is 2. The Morgan fingerprint density at radius 3 is 0.444 bits per heavy atom. The van der Waals surface area contributed by atoms with Crippen molar-refractivity contribution in [3.8, 4) is 0 Å². The molecule has 0 aliphatic rings. The van der Waals surface area contributed by atoms with Crippen LogP contribution in [0.4, 0.5) is 0 Å². The Labute approximate surface area is 80.9 Å². The molecule has 0 fully saturated rings. The van der Waals surface area contributed by atoms with Crippen LogP contribution in [0, 0.1) is 0 Å². The fraction of sp³-hybridized carbons (Fsp3) is 0. The van der Waals surface area contributed by atoms with E-state index in [1.807, 2.05) is 0 Å². The summed E-state index contributed by atoms with van der Waals surface area (Å²) in [7, 11) is 0. The van der Waals surface area contributed by atoms with E-state index in [0.29, 0.717) is 0 Å². The second-order valence-electron chi connectivity index (χ2n) is 0. The first-order valence-electron chi connectivity index (χ1n) is 0.167. The van der Waals surface area contributed by atoms with Crippen molar-refractivity contribution in [1.29, 1.82) is 0 Å². The van der Waals surface area contributed by atoms with E-state index < -0.39 is 0 Å². The van der Waals surface area contributed by atoms with Crippen LogP contribution in [0.5, 0.6) is 0 Å². The molecule has 9 heteroatoms. The SMILES string of the molecule is O.O.O.O.O.O.[Ca+2].[O-][O-]. The van der Waals surface area contributed by atoms with Crippen molar-refractivity contribution in [2.24, 2.45) is 0 Å². The predicted octanol–water partition coefficient (Wildman–Crippen LogP) is -7.71. The molecular weight excluding hydrogens is 168 g/mol. The Morgan fingerprint density at radius 1 is 0.444 bits per heavy atom. The summed E-state index contributed by atoms with van der Waals surface area (Å²) < 4.78 is 0. The van der Waals surface area contributed by atoms with E-state index in [1.54, 1.807) is 0 Å². The molecule has 0 saturated heterocycles. The third-order valence-electron chi connectivity index (χ3n) is 0. The summed E-state index contributed by atoms with van der Waals surface area (Å²) in [4.78, 5) is 0. The fourth-order valence-corrected chi connectivity index (χ4v) is 0. The second-order valence-corrected chi connectivity index (χ2v) is 0. The molecular formula is H12CaO8. The molecule has 0 spiro atoms. The quantitative estimate of drug-likeness (QED) is 0.200. The smallest absolute Gasteiger partial charge is 1.00 e. The zero-order valence-electron chi connectivity index (χ0n) is 4.52. The van der Waals surface area contributed by atoms with Crippen LogP contribution in [-0.4, -0.2) is 70.6 Å². The minimum atomic E-state index is 0. The molecule has 0 rings (SSSR count). The summed E-state index contributed by atoms with van der Waals surface area (Å²) in [6.07, 6.45) is 0. The topological polar surface area (TPSA) is 235 Å². The molecule has 0 aromatic heterocycles. The van der Waals surface area contributed by atoms with Gasteiger partial charge in [-0.2, -0.15) is 0 Å². The molecule has 0 unspecified atom stereocenters. The Hall–Kier alpha value is 0.940. The maximum Gasteiger partial charge on any atom is 2.00 e. The Morgan fingerprint density at radius 2 is 0.444 bits per heavy atom. The number of rotatable bonds is 0. The number of hydrogen-bond donors (Lipinski definition) is 0. The van der Waals surface area contributed by atoms with Gasteiger partial charge in [0.15, 0.2) is 0 Å². The molecule has 0 atom stereocenters. The van der Waals surface area contributed by atoms with Gasteiger partial charge in [0.2, 0.25) is 0 Å². The van der Waals surface area contributed by atoms with Gasteiger partial charge in [0.05, 0.1) is 0 Å². The van der Waals surface area contributed by atoms with Crippen molar-refractivity contribution in [2.45, 2.75) is 0 Å². The Bertz CT molecular complexity index is 4.53. The van der Waals surface area contributed by atoms with Crippen molar-refractivity contribution in [1.82, 2.24) is 0 Å². The van der Waals surface area contributed by atoms with Crippen molar-refractivity contribution in [3.63, 3.8) is 0 Å². The van der Waals surface area contributed by atoms with E-state index in [-0.39, 0.29) is 70.6 Å². The van der Waals surface area contributed by atoms with Gasteiger partial charge in [-0.1, -0.05) is 0 Å². The molecule has 0 saturated carbocycles. The maximum absolute atomic E-state index is 7.00. The van der Waals surface area contributed by atoms with E-state index in [9.17, 15) is 0 Å². The first-order chi connectivity index (χ1) is 1.00. The zero-order chi connectivity index (χ0) is 2.00. The van der Waals surface area contributed by atoms with Crippen LogP contribution in [0.1, 0.15) is 0 Å². The molecule has 62 valence electrons. The van der Waals surface area contributed by atoms with Crippen LogP contribution >= 0.6 is 0 Å². The molecule has 0 amide bonds. The van der Waals surface area contributed by atoms with Crippen molar-refractivity contribution < 1.29 is 43.4 Å². The van der Waals surface area contributed by atoms with Crippen LogP contribution in [0.2, 0.25) is 0 Å². The van der Waals surface area contributed by atoms with Crippen molar-refractivity contribution >= 4 is 37.7 Å². The molecule has 0 aromatic rings. The Balaban J connectivity index is -0.000000000238. The predicted molar refractivity (Wildman–Crippen MR) is 27.4 cm³/mol. The molecule has 12 N–H and O–H groups in total. The van der Waals surface area contributed by atoms with Crippen molar-refractivity contribution in [2.75, 3.05) is 0 Å². The minimum absolute atomic E-state index is 0. The molecule has 0 heterocycles. The van der Waals surface area contributed by atoms with Crippen molar-refractivity contribution in [3.05, 3.63) is 0 Å². The van der Waals surface area contributed by atoms with E-state index in [4.69, 9.17) is 10.5 Å². The zero-order valence-corrected chi connectivity index (χ0v) is 6.73. The summed E-state index contributed by atoms with van der Waals surface area (Å²) in [5, 5.41) is 14.0. The van der Waals surface area contributed by atoms with Crippen LogP contribution in [0.15, 0.2) is 0 Å². The summed E-state index contributed by atoms with van der Waals surface area (Å²) in [5.41, 5.74) is 0. The van der Waals surface area contributed by atoms with Crippen LogP contribution < -0.4 is 10.5 Å². The molecule has 0 radical (unpaired) electrons. The van der Waals surface area contributed by atoms with Crippen LogP contribution in [-0.2, 0) is 0 Å². The average molecular weight is 180 g/mol. The molecule has 0 aliphatic heterocycles. The summed E-state index contributed by atoms with van der Waals surface area (Å²) in [5.74, 6) is 0. The molecule has 9 heavy (non-hydrogen) atoms. The monoisotopic (exact) mass is 180 g/mol. The summed E-state index contributed by atoms with van der Waals surface area (Å²) >= 11 is 0.